The van der Waals surface area contributed by atoms with E-state index >= 15 is 0 Å². The maximum absolute atomic E-state index is 12.5. The van der Waals surface area contributed by atoms with Gasteiger partial charge in [-0.25, -0.2) is 0 Å². The van der Waals surface area contributed by atoms with Crippen LogP contribution < -0.4 is 5.32 Å². The summed E-state index contributed by atoms with van der Waals surface area (Å²) in [5, 5.41) is 2.45. The predicted octanol–water partition coefficient (Wildman–Crippen LogP) is 3.58. The number of benzene rings is 1. The first-order valence-electron chi connectivity index (χ1n) is 8.58. The first-order valence-corrected chi connectivity index (χ1v) is 10.6. The van der Waals surface area contributed by atoms with Gasteiger partial charge in [0.2, 0.25) is 0 Å². The van der Waals surface area contributed by atoms with Gasteiger partial charge >= 0.3 is 0 Å². The monoisotopic (exact) mass is 413 g/mol. The lowest BCUT2D eigenvalue weighted by Gasteiger charge is -2.14. The van der Waals surface area contributed by atoms with Gasteiger partial charge in [-0.2, -0.15) is 0 Å². The Labute approximate surface area is 171 Å². The number of hydrogen-bond donors (Lipinski definition) is 1. The second-order valence-electron chi connectivity index (χ2n) is 6.06. The SMILES string of the molecule is CSc1ccc(C)c(C(=O)NCCN2C(=O)S/C(=C/c3cccnc3)C2=O)c1. The van der Waals surface area contributed by atoms with E-state index in [9.17, 15) is 14.4 Å². The van der Waals surface area contributed by atoms with Crippen LogP contribution in [0.1, 0.15) is 21.5 Å². The Kier molecular flexibility index (Phi) is 6.53. The lowest BCUT2D eigenvalue weighted by atomic mass is 10.1. The highest BCUT2D eigenvalue weighted by molar-refractivity contribution is 8.18. The van der Waals surface area contributed by atoms with E-state index in [1.807, 2.05) is 37.4 Å². The maximum atomic E-state index is 12.5. The van der Waals surface area contributed by atoms with E-state index in [4.69, 9.17) is 0 Å². The molecule has 0 aliphatic carbocycles. The quantitative estimate of drug-likeness (QED) is 0.576. The third kappa shape index (κ3) is 4.63. The average molecular weight is 414 g/mol. The molecule has 1 saturated heterocycles. The Morgan fingerprint density at radius 1 is 1.32 bits per heavy atom. The molecule has 1 aromatic carbocycles. The second kappa shape index (κ2) is 9.07. The number of pyridine rings is 1. The van der Waals surface area contributed by atoms with Crippen LogP contribution in [0.4, 0.5) is 4.79 Å². The van der Waals surface area contributed by atoms with Gasteiger partial charge in [0.25, 0.3) is 17.1 Å². The van der Waals surface area contributed by atoms with Gasteiger partial charge in [0.15, 0.2) is 0 Å². The minimum absolute atomic E-state index is 0.127. The largest absolute Gasteiger partial charge is 0.350 e. The van der Waals surface area contributed by atoms with Crippen molar-refractivity contribution < 1.29 is 14.4 Å². The molecule has 0 radical (unpaired) electrons. The number of aromatic nitrogens is 1. The topological polar surface area (TPSA) is 79.4 Å². The molecule has 3 rings (SSSR count). The van der Waals surface area contributed by atoms with Crippen molar-refractivity contribution in [3.8, 4) is 0 Å². The molecule has 28 heavy (non-hydrogen) atoms. The molecular weight excluding hydrogens is 394 g/mol. The van der Waals surface area contributed by atoms with E-state index in [0.717, 1.165) is 32.7 Å². The zero-order chi connectivity index (χ0) is 20.1. The van der Waals surface area contributed by atoms with Crippen LogP contribution >= 0.6 is 23.5 Å². The van der Waals surface area contributed by atoms with Gasteiger partial charge in [-0.05, 0) is 60.3 Å². The van der Waals surface area contributed by atoms with Crippen LogP contribution in [0.3, 0.4) is 0 Å². The Morgan fingerprint density at radius 2 is 2.14 bits per heavy atom. The van der Waals surface area contributed by atoms with Crippen LogP contribution in [0.25, 0.3) is 6.08 Å². The molecule has 1 aliphatic rings. The van der Waals surface area contributed by atoms with Crippen molar-refractivity contribution in [2.45, 2.75) is 11.8 Å². The molecule has 0 spiro atoms. The number of imide groups is 1. The van der Waals surface area contributed by atoms with E-state index in [-0.39, 0.29) is 30.1 Å². The van der Waals surface area contributed by atoms with E-state index in [1.54, 1.807) is 36.3 Å². The number of carbonyl (C=O) groups is 3. The molecule has 1 fully saturated rings. The third-order valence-corrected chi connectivity index (χ3v) is 5.80. The van der Waals surface area contributed by atoms with Crippen molar-refractivity contribution in [1.82, 2.24) is 15.2 Å². The highest BCUT2D eigenvalue weighted by atomic mass is 32.2. The summed E-state index contributed by atoms with van der Waals surface area (Å²) in [6.45, 7) is 2.20. The summed E-state index contributed by atoms with van der Waals surface area (Å²) >= 11 is 2.46. The minimum atomic E-state index is -0.353. The van der Waals surface area contributed by atoms with E-state index in [2.05, 4.69) is 10.3 Å². The van der Waals surface area contributed by atoms with Crippen LogP contribution in [0.2, 0.25) is 0 Å². The zero-order valence-corrected chi connectivity index (χ0v) is 17.1. The number of carbonyl (C=O) groups excluding carboxylic acids is 3. The first-order chi connectivity index (χ1) is 13.5. The fourth-order valence-electron chi connectivity index (χ4n) is 2.65. The number of aryl methyl sites for hydroxylation is 1. The van der Waals surface area contributed by atoms with E-state index in [0.29, 0.717) is 10.5 Å². The molecular formula is C20H19N3O3S2. The van der Waals surface area contributed by atoms with Crippen molar-refractivity contribution in [3.05, 3.63) is 64.3 Å². The fourth-order valence-corrected chi connectivity index (χ4v) is 3.96. The number of thioether (sulfide) groups is 2. The van der Waals surface area contributed by atoms with Crippen LogP contribution in [-0.4, -0.2) is 46.3 Å². The summed E-state index contributed by atoms with van der Waals surface area (Å²) in [7, 11) is 0. The molecule has 0 unspecified atom stereocenters. The summed E-state index contributed by atoms with van der Waals surface area (Å²) in [6, 6.07) is 9.28. The molecule has 6 nitrogen and oxygen atoms in total. The van der Waals surface area contributed by atoms with Gasteiger partial charge < -0.3 is 5.32 Å². The molecule has 8 heteroatoms. The number of rotatable bonds is 6. The zero-order valence-electron chi connectivity index (χ0n) is 15.5. The second-order valence-corrected chi connectivity index (χ2v) is 7.93. The molecule has 144 valence electrons. The van der Waals surface area contributed by atoms with Crippen molar-refractivity contribution >= 4 is 46.7 Å². The van der Waals surface area contributed by atoms with Crippen LogP contribution in [0, 0.1) is 6.92 Å². The van der Waals surface area contributed by atoms with Crippen molar-refractivity contribution in [3.63, 3.8) is 0 Å². The average Bonchev–Trinajstić information content (AvgIpc) is 2.96. The number of amides is 3. The van der Waals surface area contributed by atoms with Gasteiger partial charge in [0, 0.05) is 35.9 Å². The Bertz CT molecular complexity index is 945. The van der Waals surface area contributed by atoms with Crippen LogP contribution in [0.15, 0.2) is 52.5 Å². The van der Waals surface area contributed by atoms with Crippen molar-refractivity contribution in [2.75, 3.05) is 19.3 Å². The van der Waals surface area contributed by atoms with Crippen LogP contribution in [-0.2, 0) is 4.79 Å². The molecule has 1 aliphatic heterocycles. The van der Waals surface area contributed by atoms with E-state index < -0.39 is 0 Å². The number of hydrogen-bond acceptors (Lipinski definition) is 6. The predicted molar refractivity (Wildman–Crippen MR) is 112 cm³/mol. The van der Waals surface area contributed by atoms with Gasteiger partial charge in [0.05, 0.1) is 4.91 Å². The first kappa shape index (κ1) is 20.2. The van der Waals surface area contributed by atoms with E-state index in [1.165, 1.54) is 0 Å². The molecule has 0 saturated carbocycles. The minimum Gasteiger partial charge on any atom is -0.350 e. The summed E-state index contributed by atoms with van der Waals surface area (Å²) < 4.78 is 0. The van der Waals surface area contributed by atoms with Gasteiger partial charge in [-0.3, -0.25) is 24.3 Å². The molecule has 1 N–H and O–H groups in total. The fraction of sp³-hybridized carbons (Fsp3) is 0.200. The Hall–Kier alpha value is -2.58. The molecule has 0 bridgehead atoms. The Balaban J connectivity index is 1.60. The lowest BCUT2D eigenvalue weighted by molar-refractivity contribution is -0.122. The van der Waals surface area contributed by atoms with Gasteiger partial charge in [0.1, 0.15) is 0 Å². The van der Waals surface area contributed by atoms with Crippen molar-refractivity contribution in [2.24, 2.45) is 0 Å². The third-order valence-electron chi connectivity index (χ3n) is 4.17. The highest BCUT2D eigenvalue weighted by Gasteiger charge is 2.34. The normalized spacial score (nSPS) is 15.4. The number of nitrogens with zero attached hydrogens (tertiary/aromatic N) is 2. The Morgan fingerprint density at radius 3 is 2.86 bits per heavy atom. The summed E-state index contributed by atoms with van der Waals surface area (Å²) in [4.78, 5) is 43.6. The standard InChI is InChI=1S/C20H19N3O3S2/c1-13-5-6-15(27-2)11-16(13)18(24)22-8-9-23-19(25)17(28-20(23)26)10-14-4-3-7-21-12-14/h3-7,10-12H,8-9H2,1-2H3,(H,22,24)/b17-10+. The molecule has 0 atom stereocenters. The maximum Gasteiger partial charge on any atom is 0.293 e. The van der Waals surface area contributed by atoms with Gasteiger partial charge in [-0.15, -0.1) is 11.8 Å². The van der Waals surface area contributed by atoms with Crippen molar-refractivity contribution in [1.29, 1.82) is 0 Å². The molecule has 2 aromatic rings. The smallest absolute Gasteiger partial charge is 0.293 e. The lowest BCUT2D eigenvalue weighted by Crippen LogP contribution is -2.37. The molecule has 2 heterocycles. The molecule has 3 amide bonds. The summed E-state index contributed by atoms with van der Waals surface area (Å²) in [5.41, 5.74) is 2.23. The number of nitrogens with one attached hydrogen (secondary N) is 1. The molecule has 1 aromatic heterocycles. The summed E-state index contributed by atoms with van der Waals surface area (Å²) in [5.74, 6) is -0.570. The van der Waals surface area contributed by atoms with Gasteiger partial charge in [-0.1, -0.05) is 12.1 Å². The highest BCUT2D eigenvalue weighted by Crippen LogP contribution is 2.31. The van der Waals surface area contributed by atoms with Crippen LogP contribution in [0.5, 0.6) is 0 Å². The summed E-state index contributed by atoms with van der Waals surface area (Å²) in [6.07, 6.45) is 6.86.